The summed E-state index contributed by atoms with van der Waals surface area (Å²) in [4.78, 5) is 8.75. The Morgan fingerprint density at radius 3 is 2.71 bits per heavy atom. The Bertz CT molecular complexity index is 1020. The second kappa shape index (κ2) is 7.39. The van der Waals surface area contributed by atoms with Gasteiger partial charge >= 0.3 is 0 Å². The van der Waals surface area contributed by atoms with E-state index in [1.807, 2.05) is 5.38 Å². The fourth-order valence-corrected chi connectivity index (χ4v) is 5.44. The molecule has 146 valence electrons. The van der Waals surface area contributed by atoms with Gasteiger partial charge in [0.25, 0.3) is 0 Å². The van der Waals surface area contributed by atoms with Gasteiger partial charge in [-0.2, -0.15) is 0 Å². The second-order valence-corrected chi connectivity index (χ2v) is 8.89. The van der Waals surface area contributed by atoms with Crippen molar-refractivity contribution in [2.45, 2.75) is 6.10 Å². The van der Waals surface area contributed by atoms with E-state index in [1.165, 1.54) is 23.7 Å². The predicted molar refractivity (Wildman–Crippen MR) is 107 cm³/mol. The normalized spacial score (nSPS) is 25.2. The quantitative estimate of drug-likeness (QED) is 0.556. The van der Waals surface area contributed by atoms with Crippen LogP contribution in [0.1, 0.15) is 0 Å². The van der Waals surface area contributed by atoms with Crippen LogP contribution in [0.4, 0.5) is 4.39 Å². The van der Waals surface area contributed by atoms with E-state index in [4.69, 9.17) is 32.9 Å². The van der Waals surface area contributed by atoms with Crippen LogP contribution in [0.5, 0.6) is 5.88 Å². The van der Waals surface area contributed by atoms with E-state index in [2.05, 4.69) is 9.97 Å². The average molecular weight is 440 g/mol. The van der Waals surface area contributed by atoms with Crippen molar-refractivity contribution >= 4 is 44.9 Å². The van der Waals surface area contributed by atoms with Crippen molar-refractivity contribution in [1.82, 2.24) is 14.4 Å². The van der Waals surface area contributed by atoms with Crippen molar-refractivity contribution in [2.24, 2.45) is 11.8 Å². The van der Waals surface area contributed by atoms with Gasteiger partial charge in [0, 0.05) is 46.5 Å². The van der Waals surface area contributed by atoms with Crippen molar-refractivity contribution in [3.8, 4) is 17.0 Å². The third kappa shape index (κ3) is 3.25. The Labute approximate surface area is 175 Å². The molecule has 1 aromatic carbocycles. The molecule has 2 saturated heterocycles. The summed E-state index contributed by atoms with van der Waals surface area (Å²) in [6, 6.07) is 4.64. The lowest BCUT2D eigenvalue weighted by Gasteiger charge is -2.44. The highest BCUT2D eigenvalue weighted by Gasteiger charge is 2.42. The van der Waals surface area contributed by atoms with Crippen molar-refractivity contribution in [2.75, 3.05) is 26.3 Å². The van der Waals surface area contributed by atoms with Gasteiger partial charge in [-0.3, -0.25) is 0 Å². The molecule has 0 radical (unpaired) electrons. The standard InChI is InChI=1S/C19H16Cl2FN3O2S/c20-12-1-2-13(15(22)3-12)14-8-28-18-16(14)23-9-24-19(18)27-17-10-4-25(21)5-11(17)7-26-6-10/h1-3,8-11,17H,4-7H2. The van der Waals surface area contributed by atoms with Gasteiger partial charge in [0.2, 0.25) is 5.88 Å². The highest BCUT2D eigenvalue weighted by Crippen LogP contribution is 2.40. The lowest BCUT2D eigenvalue weighted by atomic mass is 9.86. The first-order chi connectivity index (χ1) is 13.6. The molecule has 5 rings (SSSR count). The smallest absolute Gasteiger partial charge is 0.235 e. The van der Waals surface area contributed by atoms with Gasteiger partial charge in [0.15, 0.2) is 0 Å². The van der Waals surface area contributed by atoms with Crippen LogP contribution in [-0.4, -0.2) is 46.8 Å². The van der Waals surface area contributed by atoms with Crippen LogP contribution in [0.25, 0.3) is 21.3 Å². The molecular weight excluding hydrogens is 424 g/mol. The summed E-state index contributed by atoms with van der Waals surface area (Å²) in [7, 11) is 0. The summed E-state index contributed by atoms with van der Waals surface area (Å²) < 4.78 is 29.1. The van der Waals surface area contributed by atoms with Gasteiger partial charge in [-0.05, 0) is 30.0 Å². The Kier molecular flexibility index (Phi) is 4.88. The maximum Gasteiger partial charge on any atom is 0.235 e. The maximum absolute atomic E-state index is 14.4. The molecule has 5 nitrogen and oxygen atoms in total. The van der Waals surface area contributed by atoms with Crippen molar-refractivity contribution < 1.29 is 13.9 Å². The molecule has 2 unspecified atom stereocenters. The fourth-order valence-electron chi connectivity index (χ4n) is 3.98. The van der Waals surface area contributed by atoms with Gasteiger partial charge < -0.3 is 9.47 Å². The Hall–Kier alpha value is -1.51. The van der Waals surface area contributed by atoms with E-state index in [0.29, 0.717) is 53.8 Å². The SMILES string of the molecule is Fc1cc(Cl)ccc1-c1csc2c(OC3C4COCC3CN(Cl)C4)ncnc12. The van der Waals surface area contributed by atoms with Crippen LogP contribution in [-0.2, 0) is 4.74 Å². The van der Waals surface area contributed by atoms with E-state index < -0.39 is 0 Å². The number of rotatable bonds is 3. The number of hydrogen-bond donors (Lipinski definition) is 0. The summed E-state index contributed by atoms with van der Waals surface area (Å²) in [5, 5.41) is 2.24. The number of halogens is 3. The van der Waals surface area contributed by atoms with Crippen molar-refractivity contribution in [1.29, 1.82) is 0 Å². The molecule has 0 spiro atoms. The van der Waals surface area contributed by atoms with Gasteiger partial charge in [-0.1, -0.05) is 11.6 Å². The molecule has 2 bridgehead atoms. The minimum atomic E-state index is -0.380. The highest BCUT2D eigenvalue weighted by atomic mass is 35.5. The molecule has 4 heterocycles. The first kappa shape index (κ1) is 18.5. The van der Waals surface area contributed by atoms with Crippen LogP contribution in [0.15, 0.2) is 29.9 Å². The molecule has 2 aliphatic rings. The molecule has 0 N–H and O–H groups in total. The van der Waals surface area contributed by atoms with Crippen molar-refractivity contribution in [3.63, 3.8) is 0 Å². The number of benzene rings is 1. The molecular formula is C19H16Cl2FN3O2S. The maximum atomic E-state index is 14.4. The topological polar surface area (TPSA) is 47.5 Å². The van der Waals surface area contributed by atoms with E-state index in [0.717, 1.165) is 4.70 Å². The average Bonchev–Trinajstić information content (AvgIpc) is 3.07. The number of fused-ring (bicyclic) bond motifs is 3. The largest absolute Gasteiger partial charge is 0.472 e. The minimum absolute atomic E-state index is 0.0142. The van der Waals surface area contributed by atoms with Gasteiger partial charge in [0.1, 0.15) is 22.9 Å². The minimum Gasteiger partial charge on any atom is -0.472 e. The lowest BCUT2D eigenvalue weighted by Crippen LogP contribution is -2.55. The van der Waals surface area contributed by atoms with Gasteiger partial charge in [0.05, 0.1) is 18.7 Å². The predicted octanol–water partition coefficient (Wildman–Crippen LogP) is 4.63. The van der Waals surface area contributed by atoms with Crippen LogP contribution in [0, 0.1) is 17.7 Å². The number of aromatic nitrogens is 2. The summed E-state index contributed by atoms with van der Waals surface area (Å²) >= 11 is 13.6. The molecule has 0 amide bonds. The number of ether oxygens (including phenoxy) is 2. The fraction of sp³-hybridized carbons (Fsp3) is 0.368. The summed E-state index contributed by atoms with van der Waals surface area (Å²) in [5.74, 6) is 0.515. The summed E-state index contributed by atoms with van der Waals surface area (Å²) in [6.45, 7) is 2.65. The van der Waals surface area contributed by atoms with E-state index in [-0.39, 0.29) is 23.8 Å². The zero-order valence-corrected chi connectivity index (χ0v) is 17.0. The van der Waals surface area contributed by atoms with Crippen LogP contribution in [0.3, 0.4) is 0 Å². The second-order valence-electron chi connectivity index (χ2n) is 7.10. The Balaban J connectivity index is 1.51. The zero-order chi connectivity index (χ0) is 19.3. The molecule has 2 atom stereocenters. The van der Waals surface area contributed by atoms with Crippen LogP contribution >= 0.6 is 34.7 Å². The van der Waals surface area contributed by atoms with E-state index in [1.54, 1.807) is 16.6 Å². The Morgan fingerprint density at radius 1 is 1.18 bits per heavy atom. The molecule has 0 aliphatic carbocycles. The lowest BCUT2D eigenvalue weighted by molar-refractivity contribution is -0.0990. The van der Waals surface area contributed by atoms with E-state index in [9.17, 15) is 4.39 Å². The number of piperidine rings is 1. The third-order valence-corrected chi connectivity index (χ3v) is 6.72. The molecule has 2 fully saturated rings. The Morgan fingerprint density at radius 2 is 1.96 bits per heavy atom. The molecule has 2 aliphatic heterocycles. The summed E-state index contributed by atoms with van der Waals surface area (Å²) in [5.41, 5.74) is 1.84. The molecule has 2 aromatic heterocycles. The monoisotopic (exact) mass is 439 g/mol. The number of thiophene rings is 1. The van der Waals surface area contributed by atoms with E-state index >= 15 is 0 Å². The number of nitrogens with zero attached hydrogens (tertiary/aromatic N) is 3. The third-order valence-electron chi connectivity index (χ3n) is 5.25. The highest BCUT2D eigenvalue weighted by molar-refractivity contribution is 7.18. The molecule has 28 heavy (non-hydrogen) atoms. The molecule has 0 saturated carbocycles. The van der Waals surface area contributed by atoms with Gasteiger partial charge in [-0.25, -0.2) is 18.8 Å². The van der Waals surface area contributed by atoms with Crippen LogP contribution < -0.4 is 4.74 Å². The number of hydrogen-bond acceptors (Lipinski definition) is 6. The van der Waals surface area contributed by atoms with Crippen LogP contribution in [0.2, 0.25) is 5.02 Å². The molecule has 3 aromatic rings. The van der Waals surface area contributed by atoms with Gasteiger partial charge in [-0.15, -0.1) is 11.3 Å². The first-order valence-electron chi connectivity index (χ1n) is 8.93. The first-order valence-corrected chi connectivity index (χ1v) is 10.5. The van der Waals surface area contributed by atoms with Crippen molar-refractivity contribution in [3.05, 3.63) is 40.7 Å². The summed E-state index contributed by atoms with van der Waals surface area (Å²) in [6.07, 6.45) is 1.45. The zero-order valence-electron chi connectivity index (χ0n) is 14.6. The molecule has 9 heteroatoms.